The first-order chi connectivity index (χ1) is 17.1. The molecular weight excluding hydrogens is 456 g/mol. The monoisotopic (exact) mass is 486 g/mol. The molecule has 0 bridgehead atoms. The number of nitrogens with one attached hydrogen (secondary N) is 1. The van der Waals surface area contributed by atoms with E-state index in [1.54, 1.807) is 4.57 Å². The highest BCUT2D eigenvalue weighted by atomic mass is 32.1. The van der Waals surface area contributed by atoms with Crippen LogP contribution in [-0.4, -0.2) is 35.1 Å². The van der Waals surface area contributed by atoms with Crippen LogP contribution in [0.4, 0.5) is 5.95 Å². The summed E-state index contributed by atoms with van der Waals surface area (Å²) in [5, 5.41) is 5.07. The molecule has 6 nitrogen and oxygen atoms in total. The third-order valence-corrected chi connectivity index (χ3v) is 7.72. The lowest BCUT2D eigenvalue weighted by Gasteiger charge is -2.33. The quantitative estimate of drug-likeness (QED) is 0.413. The Morgan fingerprint density at radius 3 is 2.46 bits per heavy atom. The highest BCUT2D eigenvalue weighted by Gasteiger charge is 2.28. The van der Waals surface area contributed by atoms with E-state index in [9.17, 15) is 9.59 Å². The number of thiophene rings is 1. The molecule has 0 spiro atoms. The number of amides is 1. The summed E-state index contributed by atoms with van der Waals surface area (Å²) in [6, 6.07) is 22.2. The molecule has 0 unspecified atom stereocenters. The Morgan fingerprint density at radius 2 is 1.74 bits per heavy atom. The highest BCUT2D eigenvalue weighted by Crippen LogP contribution is 2.25. The average molecular weight is 487 g/mol. The van der Waals surface area contributed by atoms with Gasteiger partial charge in [0.25, 0.3) is 5.56 Å². The molecule has 0 radical (unpaired) electrons. The Balaban J connectivity index is 1.27. The van der Waals surface area contributed by atoms with Crippen molar-refractivity contribution in [3.05, 3.63) is 93.6 Å². The lowest BCUT2D eigenvalue weighted by atomic mass is 9.95. The van der Waals surface area contributed by atoms with E-state index in [1.807, 2.05) is 60.0 Å². The normalized spacial score (nSPS) is 15.3. The topological polar surface area (TPSA) is 67.2 Å². The van der Waals surface area contributed by atoms with Crippen LogP contribution in [0.1, 0.15) is 36.8 Å². The van der Waals surface area contributed by atoms with Gasteiger partial charge in [0, 0.05) is 25.6 Å². The molecule has 1 aliphatic rings. The molecule has 2 aromatic carbocycles. The summed E-state index contributed by atoms with van der Waals surface area (Å²) >= 11 is 1.44. The maximum Gasteiger partial charge on any atom is 0.273 e. The lowest BCUT2D eigenvalue weighted by Crippen LogP contribution is -2.43. The molecule has 0 aliphatic carbocycles. The fourth-order valence-corrected chi connectivity index (χ4v) is 5.50. The van der Waals surface area contributed by atoms with E-state index in [0.29, 0.717) is 36.8 Å². The second kappa shape index (κ2) is 10.4. The van der Waals surface area contributed by atoms with Gasteiger partial charge in [0.2, 0.25) is 11.9 Å². The van der Waals surface area contributed by atoms with Crippen molar-refractivity contribution in [2.45, 2.75) is 32.2 Å². The number of hydrogen-bond acceptors (Lipinski definition) is 5. The summed E-state index contributed by atoms with van der Waals surface area (Å²) in [4.78, 5) is 33.3. The van der Waals surface area contributed by atoms with E-state index in [2.05, 4.69) is 29.3 Å². The van der Waals surface area contributed by atoms with Crippen LogP contribution in [-0.2, 0) is 11.3 Å². The van der Waals surface area contributed by atoms with E-state index in [-0.39, 0.29) is 23.3 Å². The third kappa shape index (κ3) is 5.15. The molecule has 1 amide bonds. The van der Waals surface area contributed by atoms with E-state index in [0.717, 1.165) is 23.9 Å². The van der Waals surface area contributed by atoms with Gasteiger partial charge in [-0.1, -0.05) is 67.6 Å². The Kier molecular flexibility index (Phi) is 6.95. The number of piperidine rings is 1. The molecule has 180 valence electrons. The summed E-state index contributed by atoms with van der Waals surface area (Å²) in [7, 11) is 0. The van der Waals surface area contributed by atoms with Crippen LogP contribution in [0.15, 0.2) is 76.9 Å². The molecule has 1 aliphatic heterocycles. The molecule has 1 saturated heterocycles. The van der Waals surface area contributed by atoms with Gasteiger partial charge in [-0.3, -0.25) is 14.2 Å². The molecule has 2 aromatic heterocycles. The predicted octanol–water partition coefficient (Wildman–Crippen LogP) is 4.64. The number of nitrogens with zero attached hydrogens (tertiary/aromatic N) is 3. The zero-order valence-electron chi connectivity index (χ0n) is 19.9. The maximum atomic E-state index is 13.3. The van der Waals surface area contributed by atoms with Gasteiger partial charge in [-0.05, 0) is 41.3 Å². The Morgan fingerprint density at radius 1 is 1.06 bits per heavy atom. The van der Waals surface area contributed by atoms with Crippen LogP contribution in [0.5, 0.6) is 0 Å². The van der Waals surface area contributed by atoms with E-state index in [4.69, 9.17) is 4.98 Å². The van der Waals surface area contributed by atoms with E-state index < -0.39 is 0 Å². The van der Waals surface area contributed by atoms with Crippen molar-refractivity contribution in [1.82, 2.24) is 14.9 Å². The first kappa shape index (κ1) is 23.3. The van der Waals surface area contributed by atoms with Crippen molar-refractivity contribution >= 4 is 33.4 Å². The van der Waals surface area contributed by atoms with Gasteiger partial charge in [0.05, 0.1) is 12.1 Å². The van der Waals surface area contributed by atoms with Crippen LogP contribution in [0.25, 0.3) is 10.2 Å². The smallest absolute Gasteiger partial charge is 0.273 e. The van der Waals surface area contributed by atoms with E-state index >= 15 is 0 Å². The fraction of sp³-hybridized carbons (Fsp3) is 0.321. The van der Waals surface area contributed by atoms with Crippen molar-refractivity contribution < 1.29 is 4.79 Å². The number of hydrogen-bond donors (Lipinski definition) is 1. The highest BCUT2D eigenvalue weighted by molar-refractivity contribution is 7.17. The number of fused-ring (bicyclic) bond motifs is 1. The minimum Gasteiger partial charge on any atom is -0.355 e. The minimum absolute atomic E-state index is 0.00128. The number of aromatic nitrogens is 2. The summed E-state index contributed by atoms with van der Waals surface area (Å²) < 4.78 is 2.47. The molecule has 7 heteroatoms. The molecule has 0 saturated carbocycles. The molecule has 5 rings (SSSR count). The van der Waals surface area contributed by atoms with Crippen LogP contribution in [0.2, 0.25) is 0 Å². The summed E-state index contributed by atoms with van der Waals surface area (Å²) in [5.74, 6) is 1.07. The number of benzene rings is 2. The summed E-state index contributed by atoms with van der Waals surface area (Å²) in [6.07, 6.45) is 1.49. The zero-order chi connectivity index (χ0) is 24.2. The second-order valence-corrected chi connectivity index (χ2v) is 10.2. The van der Waals surface area contributed by atoms with Gasteiger partial charge in [-0.15, -0.1) is 11.3 Å². The first-order valence-electron chi connectivity index (χ1n) is 12.2. The molecule has 3 heterocycles. The van der Waals surface area contributed by atoms with Crippen molar-refractivity contribution in [1.29, 1.82) is 0 Å². The predicted molar refractivity (Wildman–Crippen MR) is 142 cm³/mol. The average Bonchev–Trinajstić information content (AvgIpc) is 3.39. The molecular formula is C28H30N4O2S. The SMILES string of the molecule is C[C@@H](CNC(=O)C1CCN(c2nc3ccsc3c(=O)n2Cc2ccccc2)CC1)c1ccccc1. The maximum absolute atomic E-state index is 13.3. The van der Waals surface area contributed by atoms with Crippen molar-refractivity contribution in [2.24, 2.45) is 5.92 Å². The standard InChI is InChI=1S/C28H30N4O2S/c1-20(22-10-6-3-7-11-22)18-29-26(33)23-12-15-31(16-13-23)28-30-24-14-17-35-25(24)27(34)32(28)19-21-8-4-2-5-9-21/h2-11,14,17,20,23H,12-13,15-16,18-19H2,1H3,(H,29,33)/t20-/m0/s1. The van der Waals surface area contributed by atoms with Crippen LogP contribution in [0.3, 0.4) is 0 Å². The van der Waals surface area contributed by atoms with E-state index in [1.165, 1.54) is 16.9 Å². The van der Waals surface area contributed by atoms with Gasteiger partial charge in [0.1, 0.15) is 4.70 Å². The second-order valence-electron chi connectivity index (χ2n) is 9.24. The molecule has 1 atom stereocenters. The van der Waals surface area contributed by atoms with Gasteiger partial charge in [0.15, 0.2) is 0 Å². The van der Waals surface area contributed by atoms with Crippen molar-refractivity contribution in [2.75, 3.05) is 24.5 Å². The van der Waals surface area contributed by atoms with Crippen LogP contribution < -0.4 is 15.8 Å². The Hall–Kier alpha value is -3.45. The summed E-state index contributed by atoms with van der Waals surface area (Å²) in [6.45, 7) is 4.65. The lowest BCUT2D eigenvalue weighted by molar-refractivity contribution is -0.125. The third-order valence-electron chi connectivity index (χ3n) is 6.83. The van der Waals surface area contributed by atoms with Crippen molar-refractivity contribution in [3.63, 3.8) is 0 Å². The van der Waals surface area contributed by atoms with Crippen LogP contribution >= 0.6 is 11.3 Å². The number of carbonyl (C=O) groups excluding carboxylic acids is 1. The minimum atomic E-state index is -0.0200. The first-order valence-corrected chi connectivity index (χ1v) is 13.1. The Bertz CT molecular complexity index is 1340. The van der Waals surface area contributed by atoms with Gasteiger partial charge in [-0.25, -0.2) is 4.98 Å². The van der Waals surface area contributed by atoms with Gasteiger partial charge < -0.3 is 10.2 Å². The fourth-order valence-electron chi connectivity index (χ4n) is 4.72. The number of rotatable bonds is 7. The largest absolute Gasteiger partial charge is 0.355 e. The van der Waals surface area contributed by atoms with Gasteiger partial charge in [-0.2, -0.15) is 0 Å². The Labute approximate surface area is 209 Å². The molecule has 1 fully saturated rings. The van der Waals surface area contributed by atoms with Crippen LogP contribution in [0, 0.1) is 5.92 Å². The molecule has 35 heavy (non-hydrogen) atoms. The molecule has 4 aromatic rings. The van der Waals surface area contributed by atoms with Gasteiger partial charge >= 0.3 is 0 Å². The van der Waals surface area contributed by atoms with Crippen molar-refractivity contribution in [3.8, 4) is 0 Å². The zero-order valence-corrected chi connectivity index (χ0v) is 20.7. The number of anilines is 1. The molecule has 1 N–H and O–H groups in total. The summed E-state index contributed by atoms with van der Waals surface area (Å²) in [5.41, 5.74) is 3.04. The number of carbonyl (C=O) groups is 1.